The van der Waals surface area contributed by atoms with E-state index < -0.39 is 5.67 Å². The molecule has 13 heavy (non-hydrogen) atoms. The third-order valence-corrected chi connectivity index (χ3v) is 3.12. The van der Waals surface area contributed by atoms with Crippen LogP contribution >= 0.6 is 0 Å². The van der Waals surface area contributed by atoms with Gasteiger partial charge in [-0.15, -0.1) is 0 Å². The fourth-order valence-corrected chi connectivity index (χ4v) is 2.33. The van der Waals surface area contributed by atoms with Crippen LogP contribution in [-0.2, 0) is 4.74 Å². The molecule has 0 bridgehead atoms. The highest BCUT2D eigenvalue weighted by Gasteiger charge is 2.49. The molecule has 2 aliphatic heterocycles. The third-order valence-electron chi connectivity index (χ3n) is 3.12. The minimum Gasteiger partial charge on any atom is -0.383 e. The van der Waals surface area contributed by atoms with Crippen molar-refractivity contribution in [3.63, 3.8) is 0 Å². The fourth-order valence-electron chi connectivity index (χ4n) is 2.33. The van der Waals surface area contributed by atoms with E-state index >= 15 is 0 Å². The summed E-state index contributed by atoms with van der Waals surface area (Å²) in [5.74, 6) is 0.198. The molecule has 0 aromatic heterocycles. The summed E-state index contributed by atoms with van der Waals surface area (Å²) in [4.78, 5) is 2.16. The van der Waals surface area contributed by atoms with Crippen LogP contribution in [0.4, 0.5) is 4.39 Å². The van der Waals surface area contributed by atoms with Crippen LogP contribution in [0.1, 0.15) is 0 Å². The minimum atomic E-state index is -0.965. The molecule has 0 radical (unpaired) electrons. The Morgan fingerprint density at radius 3 is 3.23 bits per heavy atom. The van der Waals surface area contributed by atoms with E-state index in [0.717, 1.165) is 19.6 Å². The van der Waals surface area contributed by atoms with Crippen LogP contribution < -0.4 is 5.32 Å². The Kier molecular flexibility index (Phi) is 2.53. The van der Waals surface area contributed by atoms with Crippen molar-refractivity contribution in [2.45, 2.75) is 5.67 Å². The molecule has 0 aromatic rings. The Morgan fingerprint density at radius 2 is 2.54 bits per heavy atom. The summed E-state index contributed by atoms with van der Waals surface area (Å²) in [6.45, 7) is 4.39. The van der Waals surface area contributed by atoms with Gasteiger partial charge in [0.05, 0.1) is 6.61 Å². The molecule has 3 nitrogen and oxygen atoms in total. The second-order valence-corrected chi connectivity index (χ2v) is 4.09. The van der Waals surface area contributed by atoms with E-state index in [1.807, 2.05) is 0 Å². The molecule has 2 aliphatic rings. The molecule has 0 spiro atoms. The van der Waals surface area contributed by atoms with Crippen molar-refractivity contribution in [2.24, 2.45) is 5.92 Å². The van der Waals surface area contributed by atoms with Gasteiger partial charge in [0.2, 0.25) is 0 Å². The largest absolute Gasteiger partial charge is 0.383 e. The first-order valence-electron chi connectivity index (χ1n) is 4.85. The summed E-state index contributed by atoms with van der Waals surface area (Å²) in [6.07, 6.45) is 0. The molecule has 2 saturated heterocycles. The highest BCUT2D eigenvalue weighted by atomic mass is 19.1. The van der Waals surface area contributed by atoms with Gasteiger partial charge in [-0.2, -0.15) is 0 Å². The van der Waals surface area contributed by atoms with Gasteiger partial charge in [-0.25, -0.2) is 4.39 Å². The fraction of sp³-hybridized carbons (Fsp3) is 1.00. The van der Waals surface area contributed by atoms with E-state index in [1.165, 1.54) is 0 Å². The lowest BCUT2D eigenvalue weighted by Crippen LogP contribution is -2.35. The molecule has 2 heterocycles. The molecular weight excluding hydrogens is 171 g/mol. The number of hydrogen-bond donors (Lipinski definition) is 1. The van der Waals surface area contributed by atoms with Gasteiger partial charge < -0.3 is 10.1 Å². The number of nitrogens with zero attached hydrogens (tertiary/aromatic N) is 1. The predicted octanol–water partition coefficient (Wildman–Crippen LogP) is -0.124. The van der Waals surface area contributed by atoms with Crippen molar-refractivity contribution >= 4 is 0 Å². The first-order chi connectivity index (χ1) is 6.24. The van der Waals surface area contributed by atoms with Gasteiger partial charge in [0.1, 0.15) is 5.67 Å². The first-order valence-corrected chi connectivity index (χ1v) is 4.85. The first kappa shape index (κ1) is 9.37. The third kappa shape index (κ3) is 1.71. The van der Waals surface area contributed by atoms with Crippen molar-refractivity contribution < 1.29 is 9.13 Å². The average molecular weight is 188 g/mol. The zero-order chi connectivity index (χ0) is 9.31. The normalized spacial score (nSPS) is 39.7. The second-order valence-electron chi connectivity index (χ2n) is 4.09. The van der Waals surface area contributed by atoms with Gasteiger partial charge >= 0.3 is 0 Å². The molecule has 0 saturated carbocycles. The number of nitrogens with one attached hydrogen (secondary N) is 1. The number of halogens is 1. The van der Waals surface area contributed by atoms with Gasteiger partial charge in [-0.1, -0.05) is 0 Å². The van der Waals surface area contributed by atoms with Crippen LogP contribution in [0.25, 0.3) is 0 Å². The van der Waals surface area contributed by atoms with Crippen molar-refractivity contribution in [3.8, 4) is 0 Å². The van der Waals surface area contributed by atoms with Crippen LogP contribution in [0.3, 0.4) is 0 Å². The molecular formula is C9H17FN2O. The predicted molar refractivity (Wildman–Crippen MR) is 48.5 cm³/mol. The highest BCUT2D eigenvalue weighted by Crippen LogP contribution is 2.33. The molecule has 2 rings (SSSR count). The lowest BCUT2D eigenvalue weighted by atomic mass is 9.97. The van der Waals surface area contributed by atoms with Gasteiger partial charge in [0.25, 0.3) is 0 Å². The van der Waals surface area contributed by atoms with E-state index in [9.17, 15) is 4.39 Å². The number of methoxy groups -OCH3 is 1. The Hall–Kier alpha value is -0.190. The van der Waals surface area contributed by atoms with E-state index in [1.54, 1.807) is 7.11 Å². The SMILES string of the molecule is COCCN1CC2CNCC2(F)C1. The van der Waals surface area contributed by atoms with E-state index in [0.29, 0.717) is 19.7 Å². The molecule has 2 fully saturated rings. The summed E-state index contributed by atoms with van der Waals surface area (Å²) in [7, 11) is 1.68. The van der Waals surface area contributed by atoms with Gasteiger partial charge in [0.15, 0.2) is 0 Å². The summed E-state index contributed by atoms with van der Waals surface area (Å²) >= 11 is 0. The van der Waals surface area contributed by atoms with Gasteiger partial charge in [0, 0.05) is 45.8 Å². The minimum absolute atomic E-state index is 0.198. The van der Waals surface area contributed by atoms with E-state index in [4.69, 9.17) is 4.74 Å². The van der Waals surface area contributed by atoms with Crippen LogP contribution in [0.5, 0.6) is 0 Å². The molecule has 0 amide bonds. The summed E-state index contributed by atoms with van der Waals surface area (Å²) in [5.41, 5.74) is -0.965. The lowest BCUT2D eigenvalue weighted by Gasteiger charge is -2.18. The smallest absolute Gasteiger partial charge is 0.141 e. The van der Waals surface area contributed by atoms with Crippen LogP contribution in [0, 0.1) is 5.92 Å². The molecule has 0 aliphatic carbocycles. The van der Waals surface area contributed by atoms with Crippen molar-refractivity contribution in [1.82, 2.24) is 10.2 Å². The summed E-state index contributed by atoms with van der Waals surface area (Å²) in [5, 5.41) is 3.11. The Morgan fingerprint density at radius 1 is 1.69 bits per heavy atom. The molecule has 0 aromatic carbocycles. The maximum Gasteiger partial charge on any atom is 0.141 e. The van der Waals surface area contributed by atoms with Gasteiger partial charge in [-0.3, -0.25) is 4.90 Å². The maximum absolute atomic E-state index is 14.0. The average Bonchev–Trinajstić information content (AvgIpc) is 2.55. The number of hydrogen-bond acceptors (Lipinski definition) is 3. The lowest BCUT2D eigenvalue weighted by molar-refractivity contribution is 0.136. The van der Waals surface area contributed by atoms with Crippen molar-refractivity contribution in [2.75, 3.05) is 46.4 Å². The van der Waals surface area contributed by atoms with Gasteiger partial charge in [-0.05, 0) is 0 Å². The standard InChI is InChI=1S/C9H17FN2O/c1-13-3-2-12-5-8-4-11-6-9(8,10)7-12/h8,11H,2-7H2,1H3. The molecule has 4 heteroatoms. The molecule has 2 atom stereocenters. The van der Waals surface area contributed by atoms with Crippen LogP contribution in [0.2, 0.25) is 0 Å². The molecule has 76 valence electrons. The van der Waals surface area contributed by atoms with Crippen LogP contribution in [0.15, 0.2) is 0 Å². The van der Waals surface area contributed by atoms with Crippen molar-refractivity contribution in [1.29, 1.82) is 0 Å². The maximum atomic E-state index is 14.0. The number of ether oxygens (including phenoxy) is 1. The Balaban J connectivity index is 1.86. The quantitative estimate of drug-likeness (QED) is 0.668. The van der Waals surface area contributed by atoms with Crippen molar-refractivity contribution in [3.05, 3.63) is 0 Å². The summed E-state index contributed by atoms with van der Waals surface area (Å²) in [6, 6.07) is 0. The number of likely N-dealkylation sites (tertiary alicyclic amines) is 1. The van der Waals surface area contributed by atoms with E-state index in [2.05, 4.69) is 10.2 Å². The number of rotatable bonds is 3. The summed E-state index contributed by atoms with van der Waals surface area (Å²) < 4.78 is 19.0. The molecule has 1 N–H and O–H groups in total. The Bertz CT molecular complexity index is 190. The number of alkyl halides is 1. The number of fused-ring (bicyclic) bond motifs is 1. The monoisotopic (exact) mass is 188 g/mol. The van der Waals surface area contributed by atoms with E-state index in [-0.39, 0.29) is 5.92 Å². The highest BCUT2D eigenvalue weighted by molar-refractivity contribution is 5.04. The second kappa shape index (κ2) is 3.52. The topological polar surface area (TPSA) is 24.5 Å². The Labute approximate surface area is 78.2 Å². The van der Waals surface area contributed by atoms with Crippen LogP contribution in [-0.4, -0.2) is 57.0 Å². The zero-order valence-corrected chi connectivity index (χ0v) is 8.05. The molecule has 2 unspecified atom stereocenters. The zero-order valence-electron chi connectivity index (χ0n) is 8.05.